The number of carbonyl (C=O) groups excluding carboxylic acids is 2. The second kappa shape index (κ2) is 9.64. The first kappa shape index (κ1) is 25.2. The zero-order valence-electron chi connectivity index (χ0n) is 20.2. The topological polar surface area (TPSA) is 106 Å². The Bertz CT molecular complexity index is 1110. The zero-order chi connectivity index (χ0) is 25.6. The first-order valence-corrected chi connectivity index (χ1v) is 12.5. The number of hydrogen-bond acceptors (Lipinski definition) is 6. The van der Waals surface area contributed by atoms with Gasteiger partial charge in [-0.2, -0.15) is 0 Å². The predicted octanol–water partition coefficient (Wildman–Crippen LogP) is 2.16. The molecule has 3 heterocycles. The van der Waals surface area contributed by atoms with E-state index in [1.54, 1.807) is 38.1 Å². The smallest absolute Gasteiger partial charge is 0.353 e. The highest BCUT2D eigenvalue weighted by Crippen LogP contribution is 2.52. The van der Waals surface area contributed by atoms with Crippen LogP contribution in [0.1, 0.15) is 25.8 Å². The minimum Gasteiger partial charge on any atom is -0.477 e. The number of carbonyl (C=O) groups is 3. The average Bonchev–Trinajstić information content (AvgIpc) is 3.30. The molecule has 0 radical (unpaired) electrons. The van der Waals surface area contributed by atoms with Crippen molar-refractivity contribution in [2.45, 2.75) is 50.3 Å². The number of likely N-dealkylation sites (N-methyl/N-ethyl adjacent to an activating group) is 1. The van der Waals surface area contributed by atoms with Crippen LogP contribution in [0, 0.1) is 18.4 Å². The van der Waals surface area contributed by atoms with Crippen LogP contribution in [0.5, 0.6) is 0 Å². The largest absolute Gasteiger partial charge is 0.477 e. The van der Waals surface area contributed by atoms with Crippen molar-refractivity contribution in [3.05, 3.63) is 51.8 Å². The van der Waals surface area contributed by atoms with Gasteiger partial charge in [-0.05, 0) is 18.9 Å². The number of β-lactam (4-membered cyclic amide) rings is 1. The van der Waals surface area contributed by atoms with Crippen LogP contribution in [-0.2, 0) is 20.9 Å². The molecular weight excluding hydrogens is 468 g/mol. The van der Waals surface area contributed by atoms with Crippen molar-refractivity contribution in [1.29, 1.82) is 0 Å². The van der Waals surface area contributed by atoms with E-state index in [1.807, 2.05) is 19.1 Å². The van der Waals surface area contributed by atoms with E-state index in [4.69, 9.17) is 6.57 Å². The summed E-state index contributed by atoms with van der Waals surface area (Å²) < 4.78 is 0. The Hall–Kier alpha value is -2.87. The van der Waals surface area contributed by atoms with Gasteiger partial charge in [0.15, 0.2) is 5.69 Å². The van der Waals surface area contributed by atoms with Crippen LogP contribution < -0.4 is 0 Å². The Morgan fingerprint density at radius 3 is 2.49 bits per heavy atom. The number of amides is 2. The molecule has 2 N–H and O–H groups in total. The van der Waals surface area contributed by atoms with Crippen LogP contribution in [0.3, 0.4) is 0 Å². The maximum atomic E-state index is 13.0. The number of nitrogens with zero attached hydrogens (tertiary/aromatic N) is 4. The van der Waals surface area contributed by atoms with Gasteiger partial charge in [0.25, 0.3) is 0 Å². The van der Waals surface area contributed by atoms with Gasteiger partial charge < -0.3 is 20.0 Å². The predicted molar refractivity (Wildman–Crippen MR) is 131 cm³/mol. The van der Waals surface area contributed by atoms with Crippen molar-refractivity contribution in [2.24, 2.45) is 11.8 Å². The SMILES string of the molecule is [C-]#[N+]c1ccc(CN2C[C@@H](SC3=C(C(=O)O)N4C(=O)[C@H]([C@@H](C)O)[C@H]4[C@H]3C)C[C@H]2C(=O)N(C)C)cc1. The van der Waals surface area contributed by atoms with Crippen LogP contribution in [0.25, 0.3) is 4.85 Å². The molecule has 9 nitrogen and oxygen atoms in total. The molecule has 10 heteroatoms. The monoisotopic (exact) mass is 498 g/mol. The Kier molecular flexibility index (Phi) is 6.95. The van der Waals surface area contributed by atoms with E-state index in [-0.39, 0.29) is 40.8 Å². The number of aliphatic hydroxyl groups is 1. The van der Waals surface area contributed by atoms with Crippen LogP contribution >= 0.6 is 11.8 Å². The van der Waals surface area contributed by atoms with Crippen molar-refractivity contribution < 1.29 is 24.6 Å². The number of benzene rings is 1. The lowest BCUT2D eigenvalue weighted by Gasteiger charge is -2.46. The van der Waals surface area contributed by atoms with E-state index in [2.05, 4.69) is 9.74 Å². The van der Waals surface area contributed by atoms with Gasteiger partial charge in [-0.1, -0.05) is 31.2 Å². The van der Waals surface area contributed by atoms with Gasteiger partial charge in [-0.25, -0.2) is 9.64 Å². The number of likely N-dealkylation sites (tertiary alicyclic amines) is 1. The molecule has 35 heavy (non-hydrogen) atoms. The Morgan fingerprint density at radius 2 is 1.94 bits per heavy atom. The summed E-state index contributed by atoms with van der Waals surface area (Å²) in [7, 11) is 3.45. The second-order valence-electron chi connectivity index (χ2n) is 9.70. The molecule has 4 rings (SSSR count). The van der Waals surface area contributed by atoms with Gasteiger partial charge in [0, 0.05) is 43.3 Å². The van der Waals surface area contributed by atoms with E-state index in [9.17, 15) is 24.6 Å². The third-order valence-corrected chi connectivity index (χ3v) is 8.64. The number of hydrogen-bond donors (Lipinski definition) is 2. The van der Waals surface area contributed by atoms with Crippen LogP contribution in [-0.4, -0.2) is 86.8 Å². The third kappa shape index (κ3) is 4.44. The molecule has 2 fully saturated rings. The summed E-state index contributed by atoms with van der Waals surface area (Å²) >= 11 is 1.45. The van der Waals surface area contributed by atoms with Gasteiger partial charge in [0.2, 0.25) is 11.8 Å². The van der Waals surface area contributed by atoms with Crippen molar-refractivity contribution in [1.82, 2.24) is 14.7 Å². The van der Waals surface area contributed by atoms with Crippen molar-refractivity contribution >= 4 is 35.2 Å². The zero-order valence-corrected chi connectivity index (χ0v) is 21.0. The van der Waals surface area contributed by atoms with Gasteiger partial charge in [0.1, 0.15) is 5.70 Å². The molecule has 3 aliphatic rings. The first-order chi connectivity index (χ1) is 16.5. The number of thioether (sulfide) groups is 1. The molecule has 186 valence electrons. The molecule has 0 saturated carbocycles. The summed E-state index contributed by atoms with van der Waals surface area (Å²) in [5.74, 6) is -2.30. The lowest BCUT2D eigenvalue weighted by atomic mass is 9.79. The summed E-state index contributed by atoms with van der Waals surface area (Å²) in [4.78, 5) is 46.8. The highest BCUT2D eigenvalue weighted by molar-refractivity contribution is 8.03. The molecule has 0 spiro atoms. The van der Waals surface area contributed by atoms with E-state index in [1.165, 1.54) is 16.7 Å². The van der Waals surface area contributed by atoms with Crippen LogP contribution in [0.4, 0.5) is 5.69 Å². The summed E-state index contributed by atoms with van der Waals surface area (Å²) in [6, 6.07) is 6.60. The van der Waals surface area contributed by atoms with Gasteiger partial charge in [-0.15, -0.1) is 11.8 Å². The van der Waals surface area contributed by atoms with Gasteiger partial charge in [0.05, 0.1) is 30.7 Å². The minimum absolute atomic E-state index is 0.00838. The minimum atomic E-state index is -1.14. The Labute approximate surface area is 209 Å². The highest BCUT2D eigenvalue weighted by Gasteiger charge is 2.60. The summed E-state index contributed by atoms with van der Waals surface area (Å²) in [5, 5.41) is 20.0. The first-order valence-electron chi connectivity index (χ1n) is 11.6. The van der Waals surface area contributed by atoms with Crippen LogP contribution in [0.2, 0.25) is 0 Å². The summed E-state index contributed by atoms with van der Waals surface area (Å²) in [5.41, 5.74) is 1.56. The normalized spacial score (nSPS) is 29.0. The number of carboxylic acid groups (broad SMARTS) is 1. The fourth-order valence-corrected chi connectivity index (χ4v) is 7.00. The number of aliphatic hydroxyl groups excluding tert-OH is 1. The maximum Gasteiger partial charge on any atom is 0.353 e. The van der Waals surface area contributed by atoms with E-state index >= 15 is 0 Å². The Balaban J connectivity index is 1.57. The molecule has 1 aromatic carbocycles. The summed E-state index contributed by atoms with van der Waals surface area (Å²) in [6.45, 7) is 11.7. The third-order valence-electron chi connectivity index (χ3n) is 7.15. The fourth-order valence-electron chi connectivity index (χ4n) is 5.45. The molecule has 0 bridgehead atoms. The molecule has 3 aliphatic heterocycles. The molecule has 6 atom stereocenters. The number of carboxylic acids is 1. The lowest BCUT2D eigenvalue weighted by molar-refractivity contribution is -0.163. The van der Waals surface area contributed by atoms with E-state index < -0.39 is 18.0 Å². The van der Waals surface area contributed by atoms with Crippen molar-refractivity contribution in [3.8, 4) is 0 Å². The Morgan fingerprint density at radius 1 is 1.29 bits per heavy atom. The molecule has 1 aromatic rings. The number of aliphatic carboxylic acids is 1. The molecular formula is C25H30N4O5S. The highest BCUT2D eigenvalue weighted by atomic mass is 32.2. The summed E-state index contributed by atoms with van der Waals surface area (Å²) in [6.07, 6.45) is -0.285. The molecule has 0 aliphatic carbocycles. The van der Waals surface area contributed by atoms with E-state index in [0.717, 1.165) is 5.56 Å². The quantitative estimate of drug-likeness (QED) is 0.438. The molecule has 2 saturated heterocycles. The number of fused-ring (bicyclic) bond motifs is 1. The maximum absolute atomic E-state index is 13.0. The van der Waals surface area contributed by atoms with Crippen LogP contribution in [0.15, 0.2) is 34.9 Å². The van der Waals surface area contributed by atoms with Gasteiger partial charge >= 0.3 is 5.97 Å². The van der Waals surface area contributed by atoms with Crippen molar-refractivity contribution in [3.63, 3.8) is 0 Å². The van der Waals surface area contributed by atoms with Crippen molar-refractivity contribution in [2.75, 3.05) is 20.6 Å². The second-order valence-corrected chi connectivity index (χ2v) is 11.0. The van der Waals surface area contributed by atoms with E-state index in [0.29, 0.717) is 30.1 Å². The lowest BCUT2D eigenvalue weighted by Crippen LogP contribution is -2.63. The fraction of sp³-hybridized carbons (Fsp3) is 0.520. The standard InChI is InChI=1S/C25H30N4O5S/c1-13-20-19(14(2)30)24(32)29(20)21(25(33)34)22(13)35-17-10-18(23(31)27(4)5)28(12-17)11-15-6-8-16(26-3)9-7-15/h6-9,13-14,17-20,30H,10-12H2,1-2,4-5H3,(H,33,34)/t13-,14-,17+,18+,19-,20-/m1/s1. The average molecular weight is 499 g/mol. The van der Waals surface area contributed by atoms with Gasteiger partial charge in [-0.3, -0.25) is 14.5 Å². The molecule has 0 aromatic heterocycles. The number of rotatable bonds is 7. The molecule has 2 amide bonds. The molecule has 0 unspecified atom stereocenters.